The second-order valence-electron chi connectivity index (χ2n) is 6.79. The summed E-state index contributed by atoms with van der Waals surface area (Å²) in [7, 11) is -3.49. The molecule has 0 atom stereocenters. The summed E-state index contributed by atoms with van der Waals surface area (Å²) in [6.07, 6.45) is 3.84. The number of ether oxygens (including phenoxy) is 1. The predicted molar refractivity (Wildman–Crippen MR) is 108 cm³/mol. The standard InChI is InChI=1S/C19H17FN4O3S2/c1-21-24-7-5-12(6-8-24)27-19-18-17(22-11-23-19)15(10-28-18)14-4-3-13(9-16(14)20)29(2,25)26/h3-4,9-12H,5-8H2,2H3. The average Bonchev–Trinajstić information content (AvgIpc) is 3.13. The van der Waals surface area contributed by atoms with Crippen LogP contribution in [0, 0.1) is 12.4 Å². The number of halogens is 1. The fourth-order valence-corrected chi connectivity index (χ4v) is 4.85. The zero-order valence-electron chi connectivity index (χ0n) is 15.5. The number of rotatable bonds is 4. The first-order chi connectivity index (χ1) is 13.9. The monoisotopic (exact) mass is 432 g/mol. The van der Waals surface area contributed by atoms with Crippen LogP contribution in [-0.4, -0.2) is 48.8 Å². The second-order valence-corrected chi connectivity index (χ2v) is 9.69. The number of benzene rings is 1. The zero-order valence-corrected chi connectivity index (χ0v) is 17.1. The normalized spacial score (nSPS) is 15.4. The van der Waals surface area contributed by atoms with Crippen molar-refractivity contribution in [2.45, 2.75) is 23.8 Å². The molecular weight excluding hydrogens is 415 g/mol. The van der Waals surface area contributed by atoms with Crippen LogP contribution in [0.3, 0.4) is 0 Å². The van der Waals surface area contributed by atoms with Crippen LogP contribution in [0.5, 0.6) is 5.88 Å². The fraction of sp³-hybridized carbons (Fsp3) is 0.316. The Kier molecular flexibility index (Phi) is 5.10. The molecule has 7 nitrogen and oxygen atoms in total. The van der Waals surface area contributed by atoms with Gasteiger partial charge in [-0.2, -0.15) is 11.5 Å². The van der Waals surface area contributed by atoms with Crippen molar-refractivity contribution in [1.82, 2.24) is 15.0 Å². The molecule has 1 aliphatic rings. The third-order valence-electron chi connectivity index (χ3n) is 4.82. The highest BCUT2D eigenvalue weighted by molar-refractivity contribution is 7.90. The van der Waals surface area contributed by atoms with Gasteiger partial charge in [0.2, 0.25) is 5.88 Å². The van der Waals surface area contributed by atoms with Gasteiger partial charge in [0.15, 0.2) is 9.84 Å². The molecule has 4 rings (SSSR count). The van der Waals surface area contributed by atoms with Crippen LogP contribution in [0.1, 0.15) is 12.8 Å². The highest BCUT2D eigenvalue weighted by Gasteiger charge is 2.24. The van der Waals surface area contributed by atoms with Gasteiger partial charge in [0, 0.05) is 35.6 Å². The lowest BCUT2D eigenvalue weighted by atomic mass is 10.1. The minimum atomic E-state index is -3.49. The predicted octanol–water partition coefficient (Wildman–Crippen LogP) is 3.58. The van der Waals surface area contributed by atoms with E-state index in [0.717, 1.165) is 25.2 Å². The molecule has 0 unspecified atom stereocenters. The van der Waals surface area contributed by atoms with Crippen LogP contribution in [-0.2, 0) is 9.84 Å². The van der Waals surface area contributed by atoms with Gasteiger partial charge in [0.1, 0.15) is 22.9 Å². The number of fused-ring (bicyclic) bond motifs is 1. The van der Waals surface area contributed by atoms with Gasteiger partial charge >= 0.3 is 0 Å². The van der Waals surface area contributed by atoms with Crippen molar-refractivity contribution in [1.29, 1.82) is 0 Å². The van der Waals surface area contributed by atoms with Crippen molar-refractivity contribution >= 4 is 31.4 Å². The van der Waals surface area contributed by atoms with Crippen LogP contribution in [0.15, 0.2) is 34.8 Å². The molecule has 1 aromatic carbocycles. The van der Waals surface area contributed by atoms with Crippen molar-refractivity contribution in [3.05, 3.63) is 47.2 Å². The third-order valence-corrected chi connectivity index (χ3v) is 6.89. The Morgan fingerprint density at radius 3 is 2.69 bits per heavy atom. The summed E-state index contributed by atoms with van der Waals surface area (Å²) < 4.78 is 44.7. The molecular formula is C19H17FN4O3S2. The summed E-state index contributed by atoms with van der Waals surface area (Å²) >= 11 is 1.35. The van der Waals surface area contributed by atoms with Gasteiger partial charge in [-0.05, 0) is 12.1 Å². The van der Waals surface area contributed by atoms with Crippen LogP contribution in [0.4, 0.5) is 4.39 Å². The van der Waals surface area contributed by atoms with Crippen molar-refractivity contribution < 1.29 is 17.5 Å². The van der Waals surface area contributed by atoms with Crippen molar-refractivity contribution in [3.63, 3.8) is 0 Å². The van der Waals surface area contributed by atoms with E-state index in [1.165, 1.54) is 29.8 Å². The number of hydrogen-bond donors (Lipinski definition) is 0. The molecule has 0 radical (unpaired) electrons. The Bertz CT molecular complexity index is 1210. The van der Waals surface area contributed by atoms with E-state index in [1.807, 2.05) is 0 Å². The lowest BCUT2D eigenvalue weighted by Crippen LogP contribution is -2.34. The van der Waals surface area contributed by atoms with E-state index < -0.39 is 15.7 Å². The van der Waals surface area contributed by atoms with Gasteiger partial charge in [-0.1, -0.05) is 6.07 Å². The van der Waals surface area contributed by atoms with Gasteiger partial charge in [-0.25, -0.2) is 22.8 Å². The quantitative estimate of drug-likeness (QED) is 0.587. The second kappa shape index (κ2) is 7.57. The molecule has 0 bridgehead atoms. The summed E-state index contributed by atoms with van der Waals surface area (Å²) in [6, 6.07) is 3.87. The molecule has 10 heteroatoms. The molecule has 0 saturated carbocycles. The summed E-state index contributed by atoms with van der Waals surface area (Å²) in [5.74, 6) is -0.180. The summed E-state index contributed by atoms with van der Waals surface area (Å²) in [5, 5.41) is 3.45. The fourth-order valence-electron chi connectivity index (χ4n) is 3.27. The molecule has 1 fully saturated rings. The molecule has 3 heterocycles. The molecule has 2 aromatic heterocycles. The van der Waals surface area contributed by atoms with Crippen LogP contribution in [0.25, 0.3) is 26.3 Å². The number of piperidine rings is 1. The molecule has 1 saturated heterocycles. The number of nitrogens with zero attached hydrogens (tertiary/aromatic N) is 4. The van der Waals surface area contributed by atoms with E-state index in [-0.39, 0.29) is 16.6 Å². The first kappa shape index (κ1) is 19.5. The lowest BCUT2D eigenvalue weighted by Gasteiger charge is -2.24. The molecule has 0 N–H and O–H groups in total. The lowest BCUT2D eigenvalue weighted by molar-refractivity contribution is 0.119. The van der Waals surface area contributed by atoms with Crippen LogP contribution >= 0.6 is 11.3 Å². The van der Waals surface area contributed by atoms with E-state index in [9.17, 15) is 12.8 Å². The summed E-state index contributed by atoms with van der Waals surface area (Å²) in [4.78, 5) is 11.9. The van der Waals surface area contributed by atoms with E-state index >= 15 is 0 Å². The number of sulfone groups is 1. The van der Waals surface area contributed by atoms with Gasteiger partial charge in [0.05, 0.1) is 23.5 Å². The minimum absolute atomic E-state index is 0.0394. The largest absolute Gasteiger partial charge is 0.473 e. The highest BCUT2D eigenvalue weighted by atomic mass is 32.2. The molecule has 0 amide bonds. The van der Waals surface area contributed by atoms with E-state index in [1.54, 1.807) is 10.4 Å². The zero-order chi connectivity index (χ0) is 20.6. The average molecular weight is 433 g/mol. The molecule has 150 valence electrons. The number of thiophene rings is 1. The Labute approximate surface area is 171 Å². The van der Waals surface area contributed by atoms with Crippen molar-refractivity contribution in [2.24, 2.45) is 0 Å². The Hall–Kier alpha value is -2.77. The smallest absolute Gasteiger partial charge is 0.235 e. The topological polar surface area (TPSA) is 76.8 Å². The van der Waals surface area contributed by atoms with Gasteiger partial charge in [-0.15, -0.1) is 16.3 Å². The molecule has 1 aliphatic heterocycles. The van der Waals surface area contributed by atoms with E-state index in [4.69, 9.17) is 11.3 Å². The summed E-state index contributed by atoms with van der Waals surface area (Å²) in [6.45, 7) is 8.37. The molecule has 3 aromatic rings. The SMILES string of the molecule is [C-]#[N+]N1CCC(Oc2ncnc3c(-c4ccc(S(C)(=O)=O)cc4F)csc23)CC1. The van der Waals surface area contributed by atoms with E-state index in [0.29, 0.717) is 34.7 Å². The molecule has 0 spiro atoms. The first-order valence-electron chi connectivity index (χ1n) is 8.88. The Morgan fingerprint density at radius 1 is 1.28 bits per heavy atom. The summed E-state index contributed by atoms with van der Waals surface area (Å²) in [5.41, 5.74) is 1.40. The number of aromatic nitrogens is 2. The maximum absolute atomic E-state index is 14.7. The van der Waals surface area contributed by atoms with Gasteiger partial charge < -0.3 is 4.74 Å². The maximum Gasteiger partial charge on any atom is 0.235 e. The maximum atomic E-state index is 14.7. The van der Waals surface area contributed by atoms with E-state index in [2.05, 4.69) is 14.9 Å². The van der Waals surface area contributed by atoms with Gasteiger partial charge in [0.25, 0.3) is 0 Å². The van der Waals surface area contributed by atoms with Crippen LogP contribution < -0.4 is 4.74 Å². The van der Waals surface area contributed by atoms with Crippen molar-refractivity contribution in [3.8, 4) is 17.0 Å². The molecule has 0 aliphatic carbocycles. The van der Waals surface area contributed by atoms with Crippen LogP contribution in [0.2, 0.25) is 0 Å². The first-order valence-corrected chi connectivity index (χ1v) is 11.6. The Morgan fingerprint density at radius 2 is 2.03 bits per heavy atom. The Balaban J connectivity index is 1.66. The molecule has 29 heavy (non-hydrogen) atoms. The number of hydrogen-bond acceptors (Lipinski definition) is 7. The third kappa shape index (κ3) is 3.88. The van der Waals surface area contributed by atoms with Gasteiger partial charge in [-0.3, -0.25) is 0 Å². The van der Waals surface area contributed by atoms with Crippen molar-refractivity contribution in [2.75, 3.05) is 19.3 Å². The minimum Gasteiger partial charge on any atom is -0.473 e. The highest BCUT2D eigenvalue weighted by Crippen LogP contribution is 2.38.